The summed E-state index contributed by atoms with van der Waals surface area (Å²) in [6, 6.07) is 12.7. The lowest BCUT2D eigenvalue weighted by Crippen LogP contribution is -2.31. The van der Waals surface area contributed by atoms with E-state index in [-0.39, 0.29) is 0 Å². The minimum Gasteiger partial charge on any atom is -0.497 e. The Balaban J connectivity index is 1.54. The van der Waals surface area contributed by atoms with Crippen molar-refractivity contribution in [3.8, 4) is 5.75 Å². The standard InChI is InChI=1S/C23H26FN3O/c1-28-18-7-4-16(5-8-18)10-14-27-20-11-13-26-12-2-3-19(26)22(20)23-21(27)9-6-17(15-24)25-23/h4-9,19H,2-3,10-15H2,1H3. The van der Waals surface area contributed by atoms with Gasteiger partial charge in [0.25, 0.3) is 0 Å². The summed E-state index contributed by atoms with van der Waals surface area (Å²) in [5.41, 5.74) is 6.79. The van der Waals surface area contributed by atoms with Gasteiger partial charge in [-0.2, -0.15) is 0 Å². The summed E-state index contributed by atoms with van der Waals surface area (Å²) in [6.45, 7) is 2.70. The average Bonchev–Trinajstić information content (AvgIpc) is 3.34. The van der Waals surface area contributed by atoms with E-state index in [1.165, 1.54) is 36.2 Å². The first-order valence-corrected chi connectivity index (χ1v) is 10.2. The number of rotatable bonds is 5. The number of halogens is 1. The van der Waals surface area contributed by atoms with E-state index in [1.54, 1.807) is 7.11 Å². The predicted molar refractivity (Wildman–Crippen MR) is 108 cm³/mol. The zero-order valence-electron chi connectivity index (χ0n) is 16.3. The molecular formula is C23H26FN3O. The van der Waals surface area contributed by atoms with Crippen LogP contribution in [0.25, 0.3) is 11.0 Å². The Morgan fingerprint density at radius 3 is 2.79 bits per heavy atom. The van der Waals surface area contributed by atoms with Crippen LogP contribution >= 0.6 is 0 Å². The lowest BCUT2D eigenvalue weighted by atomic mass is 9.98. The molecule has 1 unspecified atom stereocenters. The Kier molecular flexibility index (Phi) is 4.55. The number of nitrogens with zero attached hydrogens (tertiary/aromatic N) is 3. The number of aryl methyl sites for hydroxylation is 2. The van der Waals surface area contributed by atoms with Crippen LogP contribution in [0.4, 0.5) is 4.39 Å². The highest BCUT2D eigenvalue weighted by atomic mass is 19.1. The molecule has 5 heteroatoms. The third kappa shape index (κ3) is 2.89. The molecule has 28 heavy (non-hydrogen) atoms. The number of hydrogen-bond donors (Lipinski definition) is 0. The SMILES string of the molecule is COc1ccc(CCn2c3c(c4nc(CF)ccc42)C2CCCN2CC3)cc1. The molecule has 0 amide bonds. The molecule has 1 atom stereocenters. The third-order valence-corrected chi connectivity index (χ3v) is 6.37. The molecule has 2 aromatic heterocycles. The maximum Gasteiger partial charge on any atom is 0.131 e. The molecule has 0 saturated carbocycles. The molecule has 3 aromatic rings. The van der Waals surface area contributed by atoms with Crippen LogP contribution in [0.5, 0.6) is 5.75 Å². The molecule has 146 valence electrons. The highest BCUT2D eigenvalue weighted by Gasteiger charge is 2.35. The van der Waals surface area contributed by atoms with Gasteiger partial charge in [0.2, 0.25) is 0 Å². The fourth-order valence-electron chi connectivity index (χ4n) is 4.99. The second kappa shape index (κ2) is 7.21. The topological polar surface area (TPSA) is 30.3 Å². The Hall–Kier alpha value is -2.40. The molecule has 1 fully saturated rings. The maximum absolute atomic E-state index is 13.3. The zero-order valence-corrected chi connectivity index (χ0v) is 16.3. The fraction of sp³-hybridized carbons (Fsp3) is 0.435. The largest absolute Gasteiger partial charge is 0.497 e. The molecule has 0 N–H and O–H groups in total. The monoisotopic (exact) mass is 379 g/mol. The van der Waals surface area contributed by atoms with Gasteiger partial charge in [-0.05, 0) is 55.6 Å². The Bertz CT molecular complexity index is 995. The predicted octanol–water partition coefficient (Wildman–Crippen LogP) is 4.45. The maximum atomic E-state index is 13.3. The number of benzene rings is 1. The highest BCUT2D eigenvalue weighted by Crippen LogP contribution is 2.42. The minimum atomic E-state index is -0.504. The molecule has 0 spiro atoms. The number of methoxy groups -OCH3 is 1. The molecule has 1 aromatic carbocycles. The van der Waals surface area contributed by atoms with Gasteiger partial charge in [-0.25, -0.2) is 9.37 Å². The van der Waals surface area contributed by atoms with Crippen molar-refractivity contribution in [1.29, 1.82) is 0 Å². The van der Waals surface area contributed by atoms with Crippen LogP contribution in [0.15, 0.2) is 36.4 Å². The van der Waals surface area contributed by atoms with E-state index in [2.05, 4.69) is 27.7 Å². The third-order valence-electron chi connectivity index (χ3n) is 6.37. The number of ether oxygens (including phenoxy) is 1. The van der Waals surface area contributed by atoms with Crippen molar-refractivity contribution < 1.29 is 9.13 Å². The summed E-state index contributed by atoms with van der Waals surface area (Å²) in [4.78, 5) is 7.31. The van der Waals surface area contributed by atoms with Gasteiger partial charge in [0.15, 0.2) is 0 Å². The number of hydrogen-bond acceptors (Lipinski definition) is 3. The normalized spacial score (nSPS) is 19.0. The number of fused-ring (bicyclic) bond motifs is 5. The molecule has 4 heterocycles. The first-order valence-electron chi connectivity index (χ1n) is 10.2. The molecule has 5 rings (SSSR count). The molecule has 2 aliphatic rings. The first kappa shape index (κ1) is 17.7. The summed E-state index contributed by atoms with van der Waals surface area (Å²) in [5, 5.41) is 0. The number of alkyl halides is 1. The van der Waals surface area contributed by atoms with Crippen LogP contribution in [0, 0.1) is 0 Å². The van der Waals surface area contributed by atoms with Crippen LogP contribution in [0.2, 0.25) is 0 Å². The summed E-state index contributed by atoms with van der Waals surface area (Å²) >= 11 is 0. The van der Waals surface area contributed by atoms with E-state index in [0.717, 1.165) is 42.7 Å². The zero-order chi connectivity index (χ0) is 19.1. The van der Waals surface area contributed by atoms with Crippen LogP contribution in [0.1, 0.15) is 41.4 Å². The van der Waals surface area contributed by atoms with Gasteiger partial charge in [-0.15, -0.1) is 0 Å². The van der Waals surface area contributed by atoms with E-state index in [4.69, 9.17) is 9.72 Å². The number of aromatic nitrogens is 2. The summed E-state index contributed by atoms with van der Waals surface area (Å²) < 4.78 is 21.0. The van der Waals surface area contributed by atoms with Crippen molar-refractivity contribution in [3.63, 3.8) is 0 Å². The van der Waals surface area contributed by atoms with Gasteiger partial charge < -0.3 is 9.30 Å². The van der Waals surface area contributed by atoms with Crippen molar-refractivity contribution in [2.24, 2.45) is 0 Å². The fourth-order valence-corrected chi connectivity index (χ4v) is 4.99. The molecule has 0 radical (unpaired) electrons. The van der Waals surface area contributed by atoms with E-state index in [1.807, 2.05) is 18.2 Å². The second-order valence-corrected chi connectivity index (χ2v) is 7.86. The van der Waals surface area contributed by atoms with E-state index in [0.29, 0.717) is 11.7 Å². The van der Waals surface area contributed by atoms with Gasteiger partial charge in [-0.1, -0.05) is 12.1 Å². The smallest absolute Gasteiger partial charge is 0.131 e. The van der Waals surface area contributed by atoms with Crippen molar-refractivity contribution in [1.82, 2.24) is 14.5 Å². The number of pyridine rings is 1. The van der Waals surface area contributed by atoms with Gasteiger partial charge in [0.1, 0.15) is 12.4 Å². The highest BCUT2D eigenvalue weighted by molar-refractivity contribution is 5.83. The lowest BCUT2D eigenvalue weighted by Gasteiger charge is -2.30. The molecular weight excluding hydrogens is 353 g/mol. The first-order chi connectivity index (χ1) is 13.8. The van der Waals surface area contributed by atoms with Crippen molar-refractivity contribution in [3.05, 3.63) is 58.9 Å². The van der Waals surface area contributed by atoms with Crippen LogP contribution in [-0.2, 0) is 26.1 Å². The van der Waals surface area contributed by atoms with E-state index in [9.17, 15) is 4.39 Å². The van der Waals surface area contributed by atoms with E-state index < -0.39 is 6.67 Å². The Morgan fingerprint density at radius 1 is 1.14 bits per heavy atom. The molecule has 0 aliphatic carbocycles. The van der Waals surface area contributed by atoms with Gasteiger partial charge in [0.05, 0.1) is 23.8 Å². The Morgan fingerprint density at radius 2 is 2.00 bits per heavy atom. The Labute approximate surface area is 164 Å². The van der Waals surface area contributed by atoms with E-state index >= 15 is 0 Å². The summed E-state index contributed by atoms with van der Waals surface area (Å²) in [6.07, 6.45) is 4.44. The molecule has 4 nitrogen and oxygen atoms in total. The second-order valence-electron chi connectivity index (χ2n) is 7.86. The molecule has 1 saturated heterocycles. The average molecular weight is 379 g/mol. The van der Waals surface area contributed by atoms with Crippen LogP contribution in [0.3, 0.4) is 0 Å². The van der Waals surface area contributed by atoms with Crippen molar-refractivity contribution in [2.75, 3.05) is 20.2 Å². The minimum absolute atomic E-state index is 0.454. The lowest BCUT2D eigenvalue weighted by molar-refractivity contribution is 0.241. The molecule has 0 bridgehead atoms. The van der Waals surface area contributed by atoms with Crippen molar-refractivity contribution in [2.45, 2.75) is 44.9 Å². The van der Waals surface area contributed by atoms with Crippen molar-refractivity contribution >= 4 is 11.0 Å². The van der Waals surface area contributed by atoms with Gasteiger partial charge in [-0.3, -0.25) is 4.90 Å². The van der Waals surface area contributed by atoms with Gasteiger partial charge in [0, 0.05) is 36.8 Å². The summed E-state index contributed by atoms with van der Waals surface area (Å²) in [5.74, 6) is 0.886. The summed E-state index contributed by atoms with van der Waals surface area (Å²) in [7, 11) is 1.69. The van der Waals surface area contributed by atoms with Crippen LogP contribution < -0.4 is 4.74 Å². The van der Waals surface area contributed by atoms with Crippen LogP contribution in [-0.4, -0.2) is 34.7 Å². The quantitative estimate of drug-likeness (QED) is 0.656. The van der Waals surface area contributed by atoms with Gasteiger partial charge >= 0.3 is 0 Å². The molecule has 2 aliphatic heterocycles.